The number of rotatable bonds is 3. The molecule has 2 heterocycles. The number of aromatic nitrogens is 2. The standard InChI is InChI=1S/C23H22ClF2N5/c1-23(7-9-31(13-23)10-8-25)6-5-14-11-19-16(12-18(14)27)21(28)30-22(29-19)15-3-2-4-17(24)20(15)26/h2-4,11-12H,7-10,13,27H2,1H3,(H2,28,29,30). The van der Waals surface area contributed by atoms with Crippen LogP contribution in [0.25, 0.3) is 22.3 Å². The fraction of sp³-hybridized carbons (Fsp3) is 0.304. The second-order valence-electron chi connectivity index (χ2n) is 8.02. The van der Waals surface area contributed by atoms with Crippen LogP contribution in [0.5, 0.6) is 0 Å². The zero-order chi connectivity index (χ0) is 22.2. The summed E-state index contributed by atoms with van der Waals surface area (Å²) in [6.07, 6.45) is 0.862. The summed E-state index contributed by atoms with van der Waals surface area (Å²) < 4.78 is 27.1. The Kier molecular flexibility index (Phi) is 5.69. The Morgan fingerprint density at radius 2 is 2.06 bits per heavy atom. The van der Waals surface area contributed by atoms with Crippen molar-refractivity contribution in [3.63, 3.8) is 0 Å². The first-order chi connectivity index (χ1) is 14.8. The molecule has 0 aliphatic carbocycles. The second kappa shape index (κ2) is 8.29. The molecule has 1 unspecified atom stereocenters. The van der Waals surface area contributed by atoms with Crippen LogP contribution in [0, 0.1) is 23.1 Å². The fourth-order valence-electron chi connectivity index (χ4n) is 3.81. The highest BCUT2D eigenvalue weighted by molar-refractivity contribution is 6.31. The number of nitrogen functional groups attached to an aromatic ring is 2. The second-order valence-corrected chi connectivity index (χ2v) is 8.42. The maximum absolute atomic E-state index is 14.5. The van der Waals surface area contributed by atoms with E-state index in [0.29, 0.717) is 35.2 Å². The van der Waals surface area contributed by atoms with Gasteiger partial charge in [0, 0.05) is 35.1 Å². The minimum Gasteiger partial charge on any atom is -0.398 e. The topological polar surface area (TPSA) is 81.1 Å². The number of hydrogen-bond acceptors (Lipinski definition) is 5. The van der Waals surface area contributed by atoms with Gasteiger partial charge in [-0.3, -0.25) is 4.90 Å². The maximum Gasteiger partial charge on any atom is 0.165 e. The first kappa shape index (κ1) is 21.3. The summed E-state index contributed by atoms with van der Waals surface area (Å²) in [5.74, 6) is 6.18. The van der Waals surface area contributed by atoms with Crippen LogP contribution < -0.4 is 11.5 Å². The molecule has 0 radical (unpaired) electrons. The third-order valence-electron chi connectivity index (χ3n) is 5.54. The van der Waals surface area contributed by atoms with Crippen molar-refractivity contribution >= 4 is 34.0 Å². The van der Waals surface area contributed by atoms with Gasteiger partial charge in [-0.25, -0.2) is 18.7 Å². The van der Waals surface area contributed by atoms with Gasteiger partial charge in [0.1, 0.15) is 12.5 Å². The number of alkyl halides is 1. The van der Waals surface area contributed by atoms with Gasteiger partial charge in [0.25, 0.3) is 0 Å². The van der Waals surface area contributed by atoms with Gasteiger partial charge in [-0.1, -0.05) is 29.5 Å². The van der Waals surface area contributed by atoms with Crippen LogP contribution in [-0.4, -0.2) is 41.2 Å². The first-order valence-corrected chi connectivity index (χ1v) is 10.3. The lowest BCUT2D eigenvalue weighted by Gasteiger charge is -2.17. The zero-order valence-electron chi connectivity index (χ0n) is 17.1. The summed E-state index contributed by atoms with van der Waals surface area (Å²) in [7, 11) is 0. The number of hydrogen-bond donors (Lipinski definition) is 2. The molecule has 1 aromatic heterocycles. The molecule has 31 heavy (non-hydrogen) atoms. The lowest BCUT2D eigenvalue weighted by Crippen LogP contribution is -2.26. The van der Waals surface area contributed by atoms with Gasteiger partial charge in [0.2, 0.25) is 0 Å². The number of benzene rings is 2. The van der Waals surface area contributed by atoms with Crippen molar-refractivity contribution in [2.75, 3.05) is 37.8 Å². The van der Waals surface area contributed by atoms with E-state index < -0.39 is 5.82 Å². The van der Waals surface area contributed by atoms with Gasteiger partial charge in [0.15, 0.2) is 11.6 Å². The molecular formula is C23H22ClF2N5. The molecule has 1 aliphatic heterocycles. The van der Waals surface area contributed by atoms with E-state index in [-0.39, 0.29) is 34.3 Å². The first-order valence-electron chi connectivity index (χ1n) is 9.92. The Morgan fingerprint density at radius 1 is 1.26 bits per heavy atom. The summed E-state index contributed by atoms with van der Waals surface area (Å²) in [5.41, 5.74) is 13.8. The molecule has 1 aliphatic rings. The molecule has 3 aromatic rings. The highest BCUT2D eigenvalue weighted by atomic mass is 35.5. The molecule has 1 saturated heterocycles. The number of halogens is 3. The smallest absolute Gasteiger partial charge is 0.165 e. The fourth-order valence-corrected chi connectivity index (χ4v) is 3.98. The highest BCUT2D eigenvalue weighted by Crippen LogP contribution is 2.31. The molecule has 1 fully saturated rings. The van der Waals surface area contributed by atoms with Crippen LogP contribution in [0.1, 0.15) is 18.9 Å². The van der Waals surface area contributed by atoms with Crippen LogP contribution >= 0.6 is 11.6 Å². The molecule has 1 atom stereocenters. The molecule has 160 valence electrons. The molecule has 0 bridgehead atoms. The van der Waals surface area contributed by atoms with E-state index in [1.54, 1.807) is 24.3 Å². The average Bonchev–Trinajstić information content (AvgIpc) is 3.10. The van der Waals surface area contributed by atoms with Gasteiger partial charge >= 0.3 is 0 Å². The predicted octanol–water partition coefficient (Wildman–Crippen LogP) is 4.29. The Labute approximate surface area is 184 Å². The van der Waals surface area contributed by atoms with E-state index >= 15 is 0 Å². The summed E-state index contributed by atoms with van der Waals surface area (Å²) in [5, 5.41) is 0.547. The molecule has 5 nitrogen and oxygen atoms in total. The minimum absolute atomic E-state index is 0.0183. The third-order valence-corrected chi connectivity index (χ3v) is 5.83. The van der Waals surface area contributed by atoms with Crippen molar-refractivity contribution in [2.24, 2.45) is 5.41 Å². The van der Waals surface area contributed by atoms with Crippen LogP contribution in [0.4, 0.5) is 20.3 Å². The zero-order valence-corrected chi connectivity index (χ0v) is 17.8. The van der Waals surface area contributed by atoms with E-state index in [4.69, 9.17) is 23.1 Å². The van der Waals surface area contributed by atoms with Crippen LogP contribution in [0.2, 0.25) is 5.02 Å². The SMILES string of the molecule is CC1(C#Cc2cc3nc(-c4cccc(Cl)c4F)nc(N)c3cc2N)CCN(CCF)C1. The Balaban J connectivity index is 1.74. The number of fused-ring (bicyclic) bond motifs is 1. The van der Waals surface area contributed by atoms with Crippen molar-refractivity contribution in [3.05, 3.63) is 46.7 Å². The number of anilines is 2. The number of likely N-dealkylation sites (tertiary alicyclic amines) is 1. The van der Waals surface area contributed by atoms with Crippen molar-refractivity contribution in [3.8, 4) is 23.2 Å². The minimum atomic E-state index is -0.606. The van der Waals surface area contributed by atoms with Crippen LogP contribution in [0.15, 0.2) is 30.3 Å². The summed E-state index contributed by atoms with van der Waals surface area (Å²) in [6, 6.07) is 8.04. The largest absolute Gasteiger partial charge is 0.398 e. The molecule has 0 spiro atoms. The van der Waals surface area contributed by atoms with Gasteiger partial charge in [0.05, 0.1) is 16.1 Å². The summed E-state index contributed by atoms with van der Waals surface area (Å²) in [6.45, 7) is 3.66. The third kappa shape index (κ3) is 4.27. The number of nitrogens with two attached hydrogens (primary N) is 2. The molecule has 4 rings (SSSR count). The maximum atomic E-state index is 14.5. The Hall–Kier alpha value is -2.95. The lowest BCUT2D eigenvalue weighted by molar-refractivity contribution is 0.279. The van der Waals surface area contributed by atoms with E-state index in [9.17, 15) is 8.78 Å². The molecule has 2 aromatic carbocycles. The molecular weight excluding hydrogens is 420 g/mol. The van der Waals surface area contributed by atoms with Crippen molar-refractivity contribution < 1.29 is 8.78 Å². The van der Waals surface area contributed by atoms with Gasteiger partial charge in [-0.2, -0.15) is 0 Å². The Morgan fingerprint density at radius 3 is 2.84 bits per heavy atom. The summed E-state index contributed by atoms with van der Waals surface area (Å²) >= 11 is 5.89. The van der Waals surface area contributed by atoms with Crippen molar-refractivity contribution in [1.29, 1.82) is 0 Å². The van der Waals surface area contributed by atoms with Gasteiger partial charge in [-0.15, -0.1) is 0 Å². The summed E-state index contributed by atoms with van der Waals surface area (Å²) in [4.78, 5) is 10.8. The number of nitrogens with zero attached hydrogens (tertiary/aromatic N) is 3. The Bertz CT molecular complexity index is 1220. The van der Waals surface area contributed by atoms with Gasteiger partial charge < -0.3 is 11.5 Å². The molecule has 0 amide bonds. The highest BCUT2D eigenvalue weighted by Gasteiger charge is 2.31. The monoisotopic (exact) mass is 441 g/mol. The van der Waals surface area contributed by atoms with Crippen LogP contribution in [-0.2, 0) is 0 Å². The van der Waals surface area contributed by atoms with Gasteiger partial charge in [-0.05, 0) is 44.2 Å². The van der Waals surface area contributed by atoms with Crippen LogP contribution in [0.3, 0.4) is 0 Å². The molecule has 8 heteroatoms. The van der Waals surface area contributed by atoms with Crippen molar-refractivity contribution in [2.45, 2.75) is 13.3 Å². The molecule has 0 saturated carbocycles. The quantitative estimate of drug-likeness (QED) is 0.468. The predicted molar refractivity (Wildman–Crippen MR) is 121 cm³/mol. The van der Waals surface area contributed by atoms with E-state index in [1.807, 2.05) is 0 Å². The lowest BCUT2D eigenvalue weighted by atomic mass is 9.90. The van der Waals surface area contributed by atoms with E-state index in [0.717, 1.165) is 13.0 Å². The normalized spacial score (nSPS) is 18.8. The van der Waals surface area contributed by atoms with E-state index in [2.05, 4.69) is 33.6 Å². The van der Waals surface area contributed by atoms with E-state index in [1.165, 1.54) is 6.07 Å². The molecule has 4 N–H and O–H groups in total. The van der Waals surface area contributed by atoms with Crippen molar-refractivity contribution in [1.82, 2.24) is 14.9 Å². The average molecular weight is 442 g/mol.